The molecule has 1 atom stereocenters. The Morgan fingerprint density at radius 2 is 2.20 bits per heavy atom. The predicted molar refractivity (Wildman–Crippen MR) is 77.8 cm³/mol. The number of benzene rings is 1. The first-order chi connectivity index (χ1) is 9.70. The largest absolute Gasteiger partial charge is 0.496 e. The van der Waals surface area contributed by atoms with Crippen LogP contribution in [0.5, 0.6) is 5.75 Å². The van der Waals surface area contributed by atoms with Gasteiger partial charge in [0.05, 0.1) is 19.3 Å². The van der Waals surface area contributed by atoms with Crippen molar-refractivity contribution in [2.75, 3.05) is 13.2 Å². The van der Waals surface area contributed by atoms with Crippen LogP contribution in [0.1, 0.15) is 36.5 Å². The van der Waals surface area contributed by atoms with E-state index in [2.05, 4.69) is 18.8 Å². The van der Waals surface area contributed by atoms with E-state index in [0.29, 0.717) is 24.5 Å². The lowest BCUT2D eigenvalue weighted by atomic mass is 10.1. The van der Waals surface area contributed by atoms with Gasteiger partial charge in [0.1, 0.15) is 11.5 Å². The molecule has 0 radical (unpaired) electrons. The van der Waals surface area contributed by atoms with Gasteiger partial charge in [0.15, 0.2) is 0 Å². The summed E-state index contributed by atoms with van der Waals surface area (Å²) in [7, 11) is 0. The maximum Gasteiger partial charge on any atom is 0.251 e. The van der Waals surface area contributed by atoms with Crippen LogP contribution in [0.3, 0.4) is 0 Å². The van der Waals surface area contributed by atoms with Gasteiger partial charge >= 0.3 is 0 Å². The second-order valence-electron chi connectivity index (χ2n) is 4.86. The average molecular weight is 275 g/mol. The van der Waals surface area contributed by atoms with Crippen molar-refractivity contribution in [1.82, 2.24) is 5.32 Å². The molecule has 1 aliphatic heterocycles. The molecular formula is C16H21NO3. The number of hydrogen-bond acceptors (Lipinski definition) is 3. The maximum absolute atomic E-state index is 12.1. The third-order valence-electron chi connectivity index (χ3n) is 3.27. The van der Waals surface area contributed by atoms with E-state index < -0.39 is 0 Å². The molecule has 4 heteroatoms. The molecule has 1 aliphatic rings. The molecule has 0 saturated carbocycles. The molecule has 1 N–H and O–H groups in total. The second-order valence-corrected chi connectivity index (χ2v) is 4.86. The fourth-order valence-corrected chi connectivity index (χ4v) is 2.00. The van der Waals surface area contributed by atoms with Crippen molar-refractivity contribution >= 4 is 5.91 Å². The van der Waals surface area contributed by atoms with Crippen molar-refractivity contribution in [2.45, 2.75) is 32.2 Å². The van der Waals surface area contributed by atoms with E-state index in [9.17, 15) is 4.79 Å². The zero-order valence-corrected chi connectivity index (χ0v) is 11.9. The van der Waals surface area contributed by atoms with Crippen molar-refractivity contribution in [3.63, 3.8) is 0 Å². The molecule has 1 amide bonds. The first-order valence-electron chi connectivity index (χ1n) is 7.06. The molecule has 2 rings (SSSR count). The molecule has 1 unspecified atom stereocenters. The summed E-state index contributed by atoms with van der Waals surface area (Å²) in [5.74, 6) is 1.32. The number of unbranched alkanes of at least 4 members (excludes halogenated alkanes) is 1. The van der Waals surface area contributed by atoms with Gasteiger partial charge in [0.2, 0.25) is 0 Å². The van der Waals surface area contributed by atoms with Gasteiger partial charge in [-0.25, -0.2) is 0 Å². The van der Waals surface area contributed by atoms with Gasteiger partial charge in [0, 0.05) is 12.0 Å². The summed E-state index contributed by atoms with van der Waals surface area (Å²) in [4.78, 5) is 12.1. The quantitative estimate of drug-likeness (QED) is 0.812. The van der Waals surface area contributed by atoms with E-state index >= 15 is 0 Å². The van der Waals surface area contributed by atoms with E-state index in [-0.39, 0.29) is 11.9 Å². The van der Waals surface area contributed by atoms with E-state index in [1.165, 1.54) is 0 Å². The van der Waals surface area contributed by atoms with Crippen LogP contribution in [0.15, 0.2) is 36.6 Å². The Balaban J connectivity index is 1.88. The average Bonchev–Trinajstić information content (AvgIpc) is 2.85. The van der Waals surface area contributed by atoms with Crippen LogP contribution in [0.2, 0.25) is 0 Å². The van der Waals surface area contributed by atoms with Gasteiger partial charge < -0.3 is 14.8 Å². The molecule has 0 aromatic heterocycles. The lowest BCUT2D eigenvalue weighted by Gasteiger charge is -2.12. The van der Waals surface area contributed by atoms with Crippen molar-refractivity contribution < 1.29 is 14.3 Å². The Morgan fingerprint density at radius 1 is 1.45 bits per heavy atom. The Morgan fingerprint density at radius 3 is 2.80 bits per heavy atom. The molecule has 0 spiro atoms. The second kappa shape index (κ2) is 6.98. The van der Waals surface area contributed by atoms with Gasteiger partial charge in [-0.05, 0) is 30.7 Å². The van der Waals surface area contributed by atoms with Crippen molar-refractivity contribution in [3.05, 3.63) is 42.2 Å². The van der Waals surface area contributed by atoms with Gasteiger partial charge in [-0.1, -0.05) is 19.9 Å². The number of carbonyl (C=O) groups is 1. The first-order valence-corrected chi connectivity index (χ1v) is 7.06. The van der Waals surface area contributed by atoms with E-state index in [0.717, 1.165) is 25.0 Å². The zero-order chi connectivity index (χ0) is 14.4. The van der Waals surface area contributed by atoms with Crippen LogP contribution in [-0.4, -0.2) is 25.2 Å². The molecule has 108 valence electrons. The molecule has 1 saturated heterocycles. The van der Waals surface area contributed by atoms with Crippen LogP contribution in [-0.2, 0) is 4.74 Å². The normalized spacial score (nSPS) is 17.6. The van der Waals surface area contributed by atoms with Gasteiger partial charge in [0.25, 0.3) is 5.91 Å². The van der Waals surface area contributed by atoms with Gasteiger partial charge in [-0.2, -0.15) is 0 Å². The number of nitrogens with one attached hydrogen (secondary N) is 1. The summed E-state index contributed by atoms with van der Waals surface area (Å²) >= 11 is 0. The number of ether oxygens (including phenoxy) is 2. The summed E-state index contributed by atoms with van der Waals surface area (Å²) in [5, 5.41) is 2.91. The Hall–Kier alpha value is -1.97. The number of amides is 1. The molecule has 1 aromatic rings. The highest BCUT2D eigenvalue weighted by Gasteiger charge is 2.22. The monoisotopic (exact) mass is 275 g/mol. The van der Waals surface area contributed by atoms with Crippen LogP contribution in [0.4, 0.5) is 0 Å². The van der Waals surface area contributed by atoms with Crippen LogP contribution >= 0.6 is 0 Å². The molecule has 1 fully saturated rings. The Labute approximate surface area is 119 Å². The minimum atomic E-state index is -0.109. The Kier molecular flexibility index (Phi) is 5.04. The predicted octanol–water partition coefficient (Wildman–Crippen LogP) is 2.90. The number of rotatable bonds is 6. The SMILES string of the molecule is C=C1OCCC1NC(=O)c1ccc(OCCCC)cc1. The van der Waals surface area contributed by atoms with Gasteiger partial charge in [-0.3, -0.25) is 4.79 Å². The highest BCUT2D eigenvalue weighted by molar-refractivity contribution is 5.94. The van der Waals surface area contributed by atoms with Crippen molar-refractivity contribution in [1.29, 1.82) is 0 Å². The molecule has 0 aliphatic carbocycles. The molecule has 1 heterocycles. The third kappa shape index (κ3) is 3.76. The highest BCUT2D eigenvalue weighted by Crippen LogP contribution is 2.17. The minimum absolute atomic E-state index is 0.0806. The summed E-state index contributed by atoms with van der Waals surface area (Å²) in [6, 6.07) is 7.11. The Bertz CT molecular complexity index is 467. The van der Waals surface area contributed by atoms with Crippen LogP contribution in [0.25, 0.3) is 0 Å². The van der Waals surface area contributed by atoms with E-state index in [1.807, 2.05) is 12.1 Å². The summed E-state index contributed by atoms with van der Waals surface area (Å²) in [6.07, 6.45) is 2.92. The fraction of sp³-hybridized carbons (Fsp3) is 0.438. The molecule has 1 aromatic carbocycles. The zero-order valence-electron chi connectivity index (χ0n) is 11.9. The highest BCUT2D eigenvalue weighted by atomic mass is 16.5. The van der Waals surface area contributed by atoms with Crippen molar-refractivity contribution in [2.24, 2.45) is 0 Å². The van der Waals surface area contributed by atoms with Crippen molar-refractivity contribution in [3.8, 4) is 5.75 Å². The van der Waals surface area contributed by atoms with Gasteiger partial charge in [-0.15, -0.1) is 0 Å². The minimum Gasteiger partial charge on any atom is -0.496 e. The molecule has 4 nitrogen and oxygen atoms in total. The molecule has 0 bridgehead atoms. The van der Waals surface area contributed by atoms with E-state index in [4.69, 9.17) is 9.47 Å². The topological polar surface area (TPSA) is 47.6 Å². The number of hydrogen-bond donors (Lipinski definition) is 1. The number of carbonyl (C=O) groups excluding carboxylic acids is 1. The smallest absolute Gasteiger partial charge is 0.251 e. The maximum atomic E-state index is 12.1. The third-order valence-corrected chi connectivity index (χ3v) is 3.27. The molecule has 20 heavy (non-hydrogen) atoms. The van der Waals surface area contributed by atoms with Crippen LogP contribution < -0.4 is 10.1 Å². The lowest BCUT2D eigenvalue weighted by Crippen LogP contribution is -2.33. The first kappa shape index (κ1) is 14.4. The molecular weight excluding hydrogens is 254 g/mol. The standard InChI is InChI=1S/C16H21NO3/c1-3-4-10-20-14-7-5-13(6-8-14)16(18)17-15-9-11-19-12(15)2/h5-8,15H,2-4,9-11H2,1H3,(H,17,18). The summed E-state index contributed by atoms with van der Waals surface area (Å²) in [5.41, 5.74) is 0.618. The van der Waals surface area contributed by atoms with Crippen LogP contribution in [0, 0.1) is 0 Å². The lowest BCUT2D eigenvalue weighted by molar-refractivity contribution is 0.0941. The fourth-order valence-electron chi connectivity index (χ4n) is 2.00. The van der Waals surface area contributed by atoms with E-state index in [1.54, 1.807) is 12.1 Å². The summed E-state index contributed by atoms with van der Waals surface area (Å²) in [6.45, 7) is 7.23. The summed E-state index contributed by atoms with van der Waals surface area (Å²) < 4.78 is 10.8.